The van der Waals surface area contributed by atoms with E-state index in [2.05, 4.69) is 5.32 Å². The van der Waals surface area contributed by atoms with E-state index in [-0.39, 0.29) is 29.8 Å². The van der Waals surface area contributed by atoms with E-state index < -0.39 is 0 Å². The van der Waals surface area contributed by atoms with E-state index in [0.717, 1.165) is 42.6 Å². The minimum atomic E-state index is -0.176. The minimum Gasteiger partial charge on any atom is -0.486 e. The van der Waals surface area contributed by atoms with Crippen LogP contribution in [-0.2, 0) is 9.59 Å². The van der Waals surface area contributed by atoms with Crippen molar-refractivity contribution in [3.05, 3.63) is 29.3 Å². The normalized spacial score (nSPS) is 23.7. The van der Waals surface area contributed by atoms with Gasteiger partial charge < -0.3 is 15.0 Å². The van der Waals surface area contributed by atoms with Gasteiger partial charge in [0.25, 0.3) is 0 Å². The molecule has 0 bridgehead atoms. The van der Waals surface area contributed by atoms with Crippen molar-refractivity contribution in [3.63, 3.8) is 0 Å². The van der Waals surface area contributed by atoms with Crippen LogP contribution in [0, 0.1) is 25.7 Å². The molecule has 2 amide bonds. The van der Waals surface area contributed by atoms with Gasteiger partial charge in [0.05, 0.1) is 13.1 Å². The van der Waals surface area contributed by atoms with Crippen molar-refractivity contribution in [1.82, 2.24) is 10.2 Å². The summed E-state index contributed by atoms with van der Waals surface area (Å²) >= 11 is 0. The van der Waals surface area contributed by atoms with Crippen molar-refractivity contribution >= 4 is 11.8 Å². The smallest absolute Gasteiger partial charge is 0.226 e. The number of aryl methyl sites for hydroxylation is 2. The van der Waals surface area contributed by atoms with Crippen molar-refractivity contribution in [2.24, 2.45) is 11.8 Å². The summed E-state index contributed by atoms with van der Waals surface area (Å²) in [6, 6.07) is 6.11. The molecule has 1 saturated heterocycles. The number of carbonyl (C=O) groups is 2. The molecule has 2 aliphatic rings. The number of amides is 2. The lowest BCUT2D eigenvalue weighted by Crippen LogP contribution is -2.59. The summed E-state index contributed by atoms with van der Waals surface area (Å²) in [6.07, 6.45) is 3.73. The van der Waals surface area contributed by atoms with Crippen LogP contribution in [0.3, 0.4) is 0 Å². The fourth-order valence-electron chi connectivity index (χ4n) is 4.00. The van der Waals surface area contributed by atoms with E-state index in [1.807, 2.05) is 36.9 Å². The van der Waals surface area contributed by atoms with Gasteiger partial charge in [0.15, 0.2) is 0 Å². The van der Waals surface area contributed by atoms with E-state index in [1.165, 1.54) is 0 Å². The van der Waals surface area contributed by atoms with Crippen LogP contribution in [0.4, 0.5) is 0 Å². The Labute approximate surface area is 149 Å². The van der Waals surface area contributed by atoms with E-state index in [1.54, 1.807) is 7.05 Å². The molecule has 0 spiro atoms. The molecule has 1 saturated carbocycles. The summed E-state index contributed by atoms with van der Waals surface area (Å²) in [4.78, 5) is 26.8. The Morgan fingerprint density at radius 3 is 2.28 bits per heavy atom. The number of ether oxygens (including phenoxy) is 1. The Morgan fingerprint density at radius 1 is 1.08 bits per heavy atom. The second-order valence-electron chi connectivity index (χ2n) is 7.32. The molecular formula is C20H28N2O3. The van der Waals surface area contributed by atoms with Gasteiger partial charge in [-0.15, -0.1) is 0 Å². The Kier molecular flexibility index (Phi) is 5.30. The first-order chi connectivity index (χ1) is 12.0. The largest absolute Gasteiger partial charge is 0.486 e. The van der Waals surface area contributed by atoms with Crippen molar-refractivity contribution in [1.29, 1.82) is 0 Å². The third-order valence-corrected chi connectivity index (χ3v) is 5.52. The van der Waals surface area contributed by atoms with Gasteiger partial charge in [0.2, 0.25) is 11.8 Å². The van der Waals surface area contributed by atoms with Gasteiger partial charge in [0, 0.05) is 18.9 Å². The molecule has 2 fully saturated rings. The quantitative estimate of drug-likeness (QED) is 0.913. The highest BCUT2D eigenvalue weighted by Gasteiger charge is 2.41. The number of para-hydroxylation sites is 1. The molecule has 1 heterocycles. The summed E-state index contributed by atoms with van der Waals surface area (Å²) in [5.41, 5.74) is 2.24. The zero-order chi connectivity index (χ0) is 18.0. The molecule has 1 N–H and O–H groups in total. The molecule has 1 aromatic carbocycles. The second-order valence-corrected chi connectivity index (χ2v) is 7.32. The van der Waals surface area contributed by atoms with Crippen LogP contribution in [-0.4, -0.2) is 43.0 Å². The van der Waals surface area contributed by atoms with Gasteiger partial charge >= 0.3 is 0 Å². The SMILES string of the molecule is CNC(=O)[C@@H]1CCCC[C@@H]1C(=O)N1CC(Oc2c(C)cccc2C)C1. The number of benzene rings is 1. The average Bonchev–Trinajstić information content (AvgIpc) is 2.58. The van der Waals surface area contributed by atoms with Crippen molar-refractivity contribution in [3.8, 4) is 5.75 Å². The van der Waals surface area contributed by atoms with Gasteiger partial charge in [0.1, 0.15) is 11.9 Å². The van der Waals surface area contributed by atoms with E-state index in [4.69, 9.17) is 4.74 Å². The predicted octanol–water partition coefficient (Wildman–Crippen LogP) is 2.45. The summed E-state index contributed by atoms with van der Waals surface area (Å²) in [7, 11) is 1.65. The predicted molar refractivity (Wildman–Crippen MR) is 96.4 cm³/mol. The summed E-state index contributed by atoms with van der Waals surface area (Å²) in [6.45, 7) is 5.31. The highest BCUT2D eigenvalue weighted by molar-refractivity contribution is 5.88. The summed E-state index contributed by atoms with van der Waals surface area (Å²) in [5, 5.41) is 2.71. The molecule has 136 valence electrons. The van der Waals surface area contributed by atoms with Gasteiger partial charge in [-0.2, -0.15) is 0 Å². The average molecular weight is 344 g/mol. The van der Waals surface area contributed by atoms with Crippen molar-refractivity contribution in [2.75, 3.05) is 20.1 Å². The number of hydrogen-bond acceptors (Lipinski definition) is 3. The Morgan fingerprint density at radius 2 is 1.68 bits per heavy atom. The second kappa shape index (κ2) is 7.46. The highest BCUT2D eigenvalue weighted by atomic mass is 16.5. The molecule has 5 nitrogen and oxygen atoms in total. The van der Waals surface area contributed by atoms with Crippen LogP contribution in [0.2, 0.25) is 0 Å². The third kappa shape index (κ3) is 3.65. The molecular weight excluding hydrogens is 316 g/mol. The Balaban J connectivity index is 1.58. The lowest BCUT2D eigenvalue weighted by molar-refractivity contribution is -0.150. The van der Waals surface area contributed by atoms with E-state index >= 15 is 0 Å². The molecule has 0 unspecified atom stereocenters. The maximum atomic E-state index is 12.8. The maximum Gasteiger partial charge on any atom is 0.226 e. The van der Waals surface area contributed by atoms with E-state index in [9.17, 15) is 9.59 Å². The number of likely N-dealkylation sites (tertiary alicyclic amines) is 1. The van der Waals surface area contributed by atoms with Gasteiger partial charge in [-0.3, -0.25) is 9.59 Å². The lowest BCUT2D eigenvalue weighted by Gasteiger charge is -2.43. The number of rotatable bonds is 4. The first kappa shape index (κ1) is 17.8. The van der Waals surface area contributed by atoms with E-state index in [0.29, 0.717) is 13.1 Å². The Bertz CT molecular complexity index is 632. The fraction of sp³-hybridized carbons (Fsp3) is 0.600. The van der Waals surface area contributed by atoms with Crippen LogP contribution >= 0.6 is 0 Å². The van der Waals surface area contributed by atoms with Crippen LogP contribution < -0.4 is 10.1 Å². The van der Waals surface area contributed by atoms with Crippen LogP contribution in [0.1, 0.15) is 36.8 Å². The van der Waals surface area contributed by atoms with Gasteiger partial charge in [-0.1, -0.05) is 31.0 Å². The molecule has 5 heteroatoms. The maximum absolute atomic E-state index is 12.8. The lowest BCUT2D eigenvalue weighted by atomic mass is 9.77. The van der Waals surface area contributed by atoms with Crippen LogP contribution in [0.25, 0.3) is 0 Å². The fourth-order valence-corrected chi connectivity index (χ4v) is 4.00. The zero-order valence-electron chi connectivity index (χ0n) is 15.4. The molecule has 1 aliphatic heterocycles. The minimum absolute atomic E-state index is 0.00177. The standard InChI is InChI=1S/C20H28N2O3/c1-13-7-6-8-14(2)18(13)25-15-11-22(12-15)20(24)17-10-5-4-9-16(17)19(23)21-3/h6-8,15-17H,4-5,9-12H2,1-3H3,(H,21,23)/t16-,17+/m1/s1. The van der Waals surface area contributed by atoms with Crippen molar-refractivity contribution in [2.45, 2.75) is 45.6 Å². The van der Waals surface area contributed by atoms with Crippen molar-refractivity contribution < 1.29 is 14.3 Å². The molecule has 1 aliphatic carbocycles. The number of hydrogen-bond donors (Lipinski definition) is 1. The molecule has 25 heavy (non-hydrogen) atoms. The molecule has 2 atom stereocenters. The molecule has 0 aromatic heterocycles. The summed E-state index contributed by atoms with van der Waals surface area (Å²) < 4.78 is 6.10. The molecule has 3 rings (SSSR count). The third-order valence-electron chi connectivity index (χ3n) is 5.52. The summed E-state index contributed by atoms with van der Waals surface area (Å²) in [5.74, 6) is 0.705. The zero-order valence-corrected chi connectivity index (χ0v) is 15.4. The van der Waals surface area contributed by atoms with Crippen LogP contribution in [0.15, 0.2) is 18.2 Å². The van der Waals surface area contributed by atoms with Crippen LogP contribution in [0.5, 0.6) is 5.75 Å². The monoisotopic (exact) mass is 344 g/mol. The number of nitrogens with one attached hydrogen (secondary N) is 1. The Hall–Kier alpha value is -2.04. The first-order valence-electron chi connectivity index (χ1n) is 9.24. The first-order valence-corrected chi connectivity index (χ1v) is 9.24. The number of carbonyl (C=O) groups excluding carboxylic acids is 2. The topological polar surface area (TPSA) is 58.6 Å². The molecule has 0 radical (unpaired) electrons. The molecule has 1 aromatic rings. The van der Waals surface area contributed by atoms with Gasteiger partial charge in [-0.25, -0.2) is 0 Å². The number of nitrogens with zero attached hydrogens (tertiary/aromatic N) is 1. The van der Waals surface area contributed by atoms with Gasteiger partial charge in [-0.05, 0) is 37.8 Å². The highest BCUT2D eigenvalue weighted by Crippen LogP contribution is 2.33.